The third-order valence-electron chi connectivity index (χ3n) is 7.00. The highest BCUT2D eigenvalue weighted by Gasteiger charge is 2.51. The topological polar surface area (TPSA) is 27.3 Å². The Bertz CT molecular complexity index is 645. The highest BCUT2D eigenvalue weighted by molar-refractivity contribution is 7.80. The fourth-order valence-corrected chi connectivity index (χ4v) is 6.56. The van der Waals surface area contributed by atoms with Gasteiger partial charge in [0.1, 0.15) is 0 Å². The van der Waals surface area contributed by atoms with Crippen molar-refractivity contribution in [2.75, 3.05) is 23.3 Å². The van der Waals surface area contributed by atoms with Crippen LogP contribution in [-0.2, 0) is 0 Å². The van der Waals surface area contributed by atoms with Gasteiger partial charge in [-0.1, -0.05) is 0 Å². The molecule has 26 heavy (non-hydrogen) atoms. The lowest BCUT2D eigenvalue weighted by atomic mass is 9.53. The van der Waals surface area contributed by atoms with Gasteiger partial charge in [0.25, 0.3) is 0 Å². The SMILES string of the molecule is CCN(CC)c1ccc(NC(=S)NC23CC4CC(CC(C4)C2)C3)c(C)c1. The van der Waals surface area contributed by atoms with E-state index in [1.165, 1.54) is 49.8 Å². The number of anilines is 2. The number of nitrogens with one attached hydrogen (secondary N) is 2. The van der Waals surface area contributed by atoms with Gasteiger partial charge >= 0.3 is 0 Å². The van der Waals surface area contributed by atoms with Gasteiger partial charge in [-0.2, -0.15) is 0 Å². The molecule has 0 radical (unpaired) electrons. The summed E-state index contributed by atoms with van der Waals surface area (Å²) < 4.78 is 0. The Hall–Kier alpha value is -1.29. The van der Waals surface area contributed by atoms with E-state index in [1.807, 2.05) is 0 Å². The molecule has 4 heteroatoms. The van der Waals surface area contributed by atoms with Crippen LogP contribution in [0, 0.1) is 24.7 Å². The van der Waals surface area contributed by atoms with Gasteiger partial charge in [-0.05, 0) is 113 Å². The van der Waals surface area contributed by atoms with Crippen molar-refractivity contribution >= 4 is 28.7 Å². The molecule has 0 heterocycles. The summed E-state index contributed by atoms with van der Waals surface area (Å²) >= 11 is 5.73. The molecule has 0 aliphatic heterocycles. The first-order valence-corrected chi connectivity index (χ1v) is 10.9. The van der Waals surface area contributed by atoms with Crippen LogP contribution in [0.5, 0.6) is 0 Å². The number of hydrogen-bond acceptors (Lipinski definition) is 2. The molecule has 1 aromatic rings. The molecule has 2 N–H and O–H groups in total. The maximum atomic E-state index is 5.73. The lowest BCUT2D eigenvalue weighted by molar-refractivity contribution is -0.00972. The highest BCUT2D eigenvalue weighted by Crippen LogP contribution is 2.55. The average Bonchev–Trinajstić information content (AvgIpc) is 2.56. The zero-order valence-electron chi connectivity index (χ0n) is 16.5. The third-order valence-corrected chi connectivity index (χ3v) is 7.21. The van der Waals surface area contributed by atoms with Crippen molar-refractivity contribution in [3.63, 3.8) is 0 Å². The maximum Gasteiger partial charge on any atom is 0.171 e. The minimum absolute atomic E-state index is 0.272. The number of aryl methyl sites for hydroxylation is 1. The summed E-state index contributed by atoms with van der Waals surface area (Å²) in [7, 11) is 0. The number of nitrogens with zero attached hydrogens (tertiary/aromatic N) is 1. The molecule has 4 bridgehead atoms. The van der Waals surface area contributed by atoms with Crippen molar-refractivity contribution in [3.8, 4) is 0 Å². The summed E-state index contributed by atoms with van der Waals surface area (Å²) in [6.07, 6.45) is 8.36. The Labute approximate surface area is 163 Å². The number of hydrogen-bond donors (Lipinski definition) is 2. The van der Waals surface area contributed by atoms with Crippen LogP contribution in [0.2, 0.25) is 0 Å². The van der Waals surface area contributed by atoms with E-state index in [9.17, 15) is 0 Å². The Morgan fingerprint density at radius 3 is 2.15 bits per heavy atom. The molecule has 0 amide bonds. The second-order valence-corrected chi connectivity index (χ2v) is 9.36. The van der Waals surface area contributed by atoms with E-state index in [1.54, 1.807) is 0 Å². The summed E-state index contributed by atoms with van der Waals surface area (Å²) in [5.41, 5.74) is 3.94. The van der Waals surface area contributed by atoms with Gasteiger partial charge in [0, 0.05) is 30.0 Å². The van der Waals surface area contributed by atoms with Crippen LogP contribution in [0.15, 0.2) is 18.2 Å². The molecule has 0 saturated heterocycles. The molecule has 0 spiro atoms. The van der Waals surface area contributed by atoms with Crippen LogP contribution in [0.1, 0.15) is 57.9 Å². The predicted molar refractivity (Wildman–Crippen MR) is 115 cm³/mol. The molecule has 4 saturated carbocycles. The van der Waals surface area contributed by atoms with E-state index >= 15 is 0 Å². The molecular formula is C22H33N3S. The first kappa shape index (κ1) is 18.1. The predicted octanol–water partition coefficient (Wildman–Crippen LogP) is 5.10. The second-order valence-electron chi connectivity index (χ2n) is 8.95. The molecule has 3 nitrogen and oxygen atoms in total. The first-order valence-electron chi connectivity index (χ1n) is 10.4. The maximum absolute atomic E-state index is 5.73. The summed E-state index contributed by atoms with van der Waals surface area (Å²) in [6, 6.07) is 6.65. The number of rotatable bonds is 5. The Morgan fingerprint density at radius 2 is 1.65 bits per heavy atom. The van der Waals surface area contributed by atoms with Crippen molar-refractivity contribution in [1.29, 1.82) is 0 Å². The van der Waals surface area contributed by atoms with Crippen LogP contribution in [-0.4, -0.2) is 23.7 Å². The third kappa shape index (κ3) is 3.45. The number of benzene rings is 1. The van der Waals surface area contributed by atoms with E-state index in [2.05, 4.69) is 54.5 Å². The van der Waals surface area contributed by atoms with E-state index in [-0.39, 0.29) is 5.54 Å². The minimum Gasteiger partial charge on any atom is -0.372 e. The van der Waals surface area contributed by atoms with Gasteiger partial charge in [-0.25, -0.2) is 0 Å². The van der Waals surface area contributed by atoms with Crippen molar-refractivity contribution in [1.82, 2.24) is 5.32 Å². The molecule has 4 aliphatic rings. The summed E-state index contributed by atoms with van der Waals surface area (Å²) in [6.45, 7) is 8.65. The largest absolute Gasteiger partial charge is 0.372 e. The molecule has 4 fully saturated rings. The van der Waals surface area contributed by atoms with Gasteiger partial charge in [0.05, 0.1) is 0 Å². The van der Waals surface area contributed by atoms with E-state index in [0.29, 0.717) is 0 Å². The van der Waals surface area contributed by atoms with Crippen LogP contribution in [0.3, 0.4) is 0 Å². The Kier molecular flexibility index (Phi) is 4.89. The molecular weight excluding hydrogens is 338 g/mol. The Balaban J connectivity index is 1.42. The van der Waals surface area contributed by atoms with Crippen LogP contribution < -0.4 is 15.5 Å². The Morgan fingerprint density at radius 1 is 1.08 bits per heavy atom. The van der Waals surface area contributed by atoms with Crippen molar-refractivity contribution in [2.24, 2.45) is 17.8 Å². The van der Waals surface area contributed by atoms with Crippen LogP contribution in [0.25, 0.3) is 0 Å². The fourth-order valence-electron chi connectivity index (χ4n) is 6.23. The quantitative estimate of drug-likeness (QED) is 0.705. The zero-order chi connectivity index (χ0) is 18.3. The molecule has 142 valence electrons. The minimum atomic E-state index is 0.272. The van der Waals surface area contributed by atoms with Crippen molar-refractivity contribution in [2.45, 2.75) is 64.8 Å². The van der Waals surface area contributed by atoms with E-state index in [4.69, 9.17) is 12.2 Å². The van der Waals surface area contributed by atoms with Gasteiger partial charge in [-0.3, -0.25) is 0 Å². The van der Waals surface area contributed by atoms with Gasteiger partial charge in [-0.15, -0.1) is 0 Å². The second kappa shape index (κ2) is 7.03. The normalized spacial score (nSPS) is 31.7. The summed E-state index contributed by atoms with van der Waals surface area (Å²) in [5.74, 6) is 2.81. The molecule has 0 atom stereocenters. The molecule has 1 aromatic carbocycles. The lowest BCUT2D eigenvalue weighted by Crippen LogP contribution is -2.60. The molecule has 4 aliphatic carbocycles. The highest BCUT2D eigenvalue weighted by atomic mass is 32.1. The summed E-state index contributed by atoms with van der Waals surface area (Å²) in [4.78, 5) is 2.38. The van der Waals surface area contributed by atoms with Gasteiger partial charge in [0.15, 0.2) is 5.11 Å². The lowest BCUT2D eigenvalue weighted by Gasteiger charge is -2.57. The number of thiocarbonyl (C=S) groups is 1. The smallest absolute Gasteiger partial charge is 0.171 e. The van der Waals surface area contributed by atoms with Crippen LogP contribution in [0.4, 0.5) is 11.4 Å². The standard InChI is InChI=1S/C22H33N3S/c1-4-25(5-2)19-6-7-20(15(3)8-19)23-21(26)24-22-12-16-9-17(13-22)11-18(10-16)14-22/h6-8,16-18H,4-5,9-14H2,1-3H3,(H2,23,24,26). The van der Waals surface area contributed by atoms with E-state index < -0.39 is 0 Å². The van der Waals surface area contributed by atoms with Gasteiger partial charge in [0.2, 0.25) is 0 Å². The fraction of sp³-hybridized carbons (Fsp3) is 0.682. The molecule has 5 rings (SSSR count). The van der Waals surface area contributed by atoms with Crippen LogP contribution >= 0.6 is 12.2 Å². The summed E-state index contributed by atoms with van der Waals surface area (Å²) in [5, 5.41) is 8.07. The van der Waals surface area contributed by atoms with Gasteiger partial charge < -0.3 is 15.5 Å². The van der Waals surface area contributed by atoms with Crippen molar-refractivity contribution in [3.05, 3.63) is 23.8 Å². The molecule has 0 unspecified atom stereocenters. The zero-order valence-corrected chi connectivity index (χ0v) is 17.3. The van der Waals surface area contributed by atoms with E-state index in [0.717, 1.165) is 41.6 Å². The molecule has 0 aromatic heterocycles. The first-order chi connectivity index (χ1) is 12.5. The average molecular weight is 372 g/mol. The monoisotopic (exact) mass is 371 g/mol. The van der Waals surface area contributed by atoms with Crippen molar-refractivity contribution < 1.29 is 0 Å².